The van der Waals surface area contributed by atoms with Crippen molar-refractivity contribution in [3.8, 4) is 0 Å². The molecule has 1 spiro atoms. The Labute approximate surface area is 270 Å². The number of benzene rings is 4. The monoisotopic (exact) mass is 621 g/mol. The van der Waals surface area contributed by atoms with Gasteiger partial charge < -0.3 is 15.3 Å². The third-order valence-corrected chi connectivity index (χ3v) is 9.75. The summed E-state index contributed by atoms with van der Waals surface area (Å²) in [6.07, 6.45) is -0.373. The molecule has 2 aliphatic heterocycles. The highest BCUT2D eigenvalue weighted by atomic mass is 35.5. The second-order valence-electron chi connectivity index (χ2n) is 12.9. The van der Waals surface area contributed by atoms with Crippen molar-refractivity contribution in [3.63, 3.8) is 0 Å². The molecular formula is C38H40ClN3O3. The molecule has 2 heterocycles. The van der Waals surface area contributed by atoms with Crippen molar-refractivity contribution in [3.05, 3.63) is 136 Å². The number of carbonyl (C=O) groups excluding carboxylic acids is 2. The molecule has 0 saturated carbocycles. The van der Waals surface area contributed by atoms with E-state index in [2.05, 4.69) is 24.1 Å². The predicted molar refractivity (Wildman–Crippen MR) is 179 cm³/mol. The summed E-state index contributed by atoms with van der Waals surface area (Å²) in [6, 6.07) is 33.1. The molecule has 2 amide bonds. The summed E-state index contributed by atoms with van der Waals surface area (Å²) in [4.78, 5) is 33.4. The van der Waals surface area contributed by atoms with Crippen LogP contribution in [0.3, 0.4) is 0 Å². The van der Waals surface area contributed by atoms with Gasteiger partial charge in [0.15, 0.2) is 0 Å². The molecule has 0 aromatic heterocycles. The van der Waals surface area contributed by atoms with Crippen molar-refractivity contribution in [2.45, 2.75) is 55.8 Å². The summed E-state index contributed by atoms with van der Waals surface area (Å²) >= 11 is 6.47. The largest absolute Gasteiger partial charge is 0.386 e. The highest BCUT2D eigenvalue weighted by Gasteiger charge is 2.70. The van der Waals surface area contributed by atoms with Crippen LogP contribution in [0.25, 0.3) is 0 Å². The molecule has 7 heteroatoms. The van der Waals surface area contributed by atoms with Crippen molar-refractivity contribution in [2.75, 3.05) is 19.4 Å². The van der Waals surface area contributed by atoms with Gasteiger partial charge >= 0.3 is 0 Å². The number of aliphatic hydroxyl groups excluding tert-OH is 1. The molecule has 6 atom stereocenters. The number of amides is 2. The van der Waals surface area contributed by atoms with Crippen LogP contribution in [0.2, 0.25) is 5.02 Å². The van der Waals surface area contributed by atoms with Crippen molar-refractivity contribution >= 4 is 29.1 Å². The normalized spacial score (nSPS) is 24.0. The maximum atomic E-state index is 14.9. The van der Waals surface area contributed by atoms with E-state index in [1.807, 2.05) is 103 Å². The maximum absolute atomic E-state index is 14.9. The number of aliphatic hydroxyl groups is 1. The Morgan fingerprint density at radius 1 is 0.911 bits per heavy atom. The zero-order valence-electron chi connectivity index (χ0n) is 26.1. The number of rotatable bonds is 8. The summed E-state index contributed by atoms with van der Waals surface area (Å²) in [6.45, 7) is 4.29. The van der Waals surface area contributed by atoms with Gasteiger partial charge in [0.25, 0.3) is 0 Å². The fourth-order valence-corrected chi connectivity index (χ4v) is 7.96. The highest BCUT2D eigenvalue weighted by molar-refractivity contribution is 6.31. The van der Waals surface area contributed by atoms with Gasteiger partial charge in [-0.2, -0.15) is 0 Å². The molecular weight excluding hydrogens is 582 g/mol. The van der Waals surface area contributed by atoms with Crippen molar-refractivity contribution < 1.29 is 14.7 Å². The average Bonchev–Trinajstić information content (AvgIpc) is 3.48. The molecule has 1 saturated heterocycles. The van der Waals surface area contributed by atoms with E-state index in [4.69, 9.17) is 11.6 Å². The molecule has 1 fully saturated rings. The Morgan fingerprint density at radius 2 is 1.49 bits per heavy atom. The van der Waals surface area contributed by atoms with Gasteiger partial charge in [0.2, 0.25) is 11.8 Å². The number of hydrogen-bond donors (Lipinski definition) is 2. The second kappa shape index (κ2) is 12.4. The van der Waals surface area contributed by atoms with Crippen molar-refractivity contribution in [1.82, 2.24) is 9.80 Å². The lowest BCUT2D eigenvalue weighted by atomic mass is 9.63. The van der Waals surface area contributed by atoms with Crippen LogP contribution >= 0.6 is 11.6 Å². The molecule has 2 N–H and O–H groups in total. The zero-order chi connectivity index (χ0) is 31.9. The molecule has 4 aromatic carbocycles. The first-order valence-corrected chi connectivity index (χ1v) is 16.0. The average molecular weight is 622 g/mol. The second-order valence-corrected chi connectivity index (χ2v) is 13.3. The molecule has 4 aromatic rings. The van der Waals surface area contributed by atoms with Gasteiger partial charge in [-0.1, -0.05) is 123 Å². The van der Waals surface area contributed by atoms with E-state index in [0.717, 1.165) is 22.3 Å². The first-order valence-electron chi connectivity index (χ1n) is 15.6. The Morgan fingerprint density at radius 3 is 2.07 bits per heavy atom. The topological polar surface area (TPSA) is 72.9 Å². The molecule has 0 aliphatic carbocycles. The summed E-state index contributed by atoms with van der Waals surface area (Å²) in [7, 11) is 3.52. The SMILES string of the molecule is CC(C)CC1N(C(c2ccccc2)C(O)c2ccccc2)C(C(=O)N(C)C)C(c2ccccc2)C12C(=O)Nc1cc(Cl)ccc12. The Kier molecular flexibility index (Phi) is 8.57. The number of halogens is 1. The molecule has 6 unspecified atom stereocenters. The van der Waals surface area contributed by atoms with Crippen molar-refractivity contribution in [1.29, 1.82) is 0 Å². The van der Waals surface area contributed by atoms with Crippen LogP contribution < -0.4 is 5.32 Å². The van der Waals surface area contributed by atoms with E-state index in [0.29, 0.717) is 17.1 Å². The minimum absolute atomic E-state index is 0.120. The van der Waals surface area contributed by atoms with Crippen LogP contribution in [-0.2, 0) is 15.0 Å². The third-order valence-electron chi connectivity index (χ3n) is 9.51. The molecule has 0 radical (unpaired) electrons. The lowest BCUT2D eigenvalue weighted by molar-refractivity contribution is -0.136. The third kappa shape index (κ3) is 5.25. The van der Waals surface area contributed by atoms with Crippen LogP contribution in [0.1, 0.15) is 60.6 Å². The lowest BCUT2D eigenvalue weighted by Crippen LogP contribution is -2.52. The fourth-order valence-electron chi connectivity index (χ4n) is 7.79. The minimum Gasteiger partial charge on any atom is -0.386 e. The van der Waals surface area contributed by atoms with E-state index in [1.54, 1.807) is 25.1 Å². The van der Waals surface area contributed by atoms with E-state index >= 15 is 0 Å². The maximum Gasteiger partial charge on any atom is 0.240 e. The summed E-state index contributed by atoms with van der Waals surface area (Å²) < 4.78 is 0. The van der Waals surface area contributed by atoms with Gasteiger partial charge in [-0.15, -0.1) is 0 Å². The van der Waals surface area contributed by atoms with Gasteiger partial charge in [0.1, 0.15) is 5.41 Å². The Hall–Kier alpha value is -3.97. The molecule has 2 aliphatic rings. The fraction of sp³-hybridized carbons (Fsp3) is 0.316. The predicted octanol–water partition coefficient (Wildman–Crippen LogP) is 6.98. The smallest absolute Gasteiger partial charge is 0.240 e. The summed E-state index contributed by atoms with van der Waals surface area (Å²) in [5.41, 5.74) is 2.86. The molecule has 232 valence electrons. The standard InChI is InChI=1S/C38H40ClN3O3/c1-24(2)22-31-38(29-21-20-28(39)23-30(29)40-37(38)45)32(25-14-8-5-9-15-25)34(36(44)41(3)4)42(31)33(26-16-10-6-11-17-26)35(43)27-18-12-7-13-19-27/h5-21,23-24,31-35,43H,22H2,1-4H3,(H,40,45). The van der Waals surface area contributed by atoms with Gasteiger partial charge in [-0.3, -0.25) is 14.5 Å². The van der Waals surface area contributed by atoms with Gasteiger partial charge in [-0.25, -0.2) is 0 Å². The first kappa shape index (κ1) is 31.0. The number of hydrogen-bond acceptors (Lipinski definition) is 4. The Balaban J connectivity index is 1.71. The first-order chi connectivity index (χ1) is 21.7. The quantitative estimate of drug-likeness (QED) is 0.223. The number of likely N-dealkylation sites (N-methyl/N-ethyl adjacent to an activating group) is 1. The van der Waals surface area contributed by atoms with Crippen LogP contribution in [0.4, 0.5) is 5.69 Å². The van der Waals surface area contributed by atoms with Crippen LogP contribution in [0.5, 0.6) is 0 Å². The zero-order valence-corrected chi connectivity index (χ0v) is 26.9. The number of carbonyl (C=O) groups is 2. The number of likely N-dealkylation sites (tertiary alicyclic amines) is 1. The van der Waals surface area contributed by atoms with Crippen molar-refractivity contribution in [2.24, 2.45) is 5.92 Å². The number of anilines is 1. The molecule has 0 bridgehead atoms. The van der Waals surface area contributed by atoms with E-state index in [1.165, 1.54) is 0 Å². The number of fused-ring (bicyclic) bond motifs is 2. The molecule has 6 rings (SSSR count). The van der Waals surface area contributed by atoms with Crippen LogP contribution in [0, 0.1) is 5.92 Å². The highest BCUT2D eigenvalue weighted by Crippen LogP contribution is 2.62. The molecule has 6 nitrogen and oxygen atoms in total. The number of nitrogens with zero attached hydrogens (tertiary/aromatic N) is 2. The van der Waals surface area contributed by atoms with Gasteiger partial charge in [0.05, 0.1) is 18.2 Å². The minimum atomic E-state index is -1.15. The summed E-state index contributed by atoms with van der Waals surface area (Å²) in [5.74, 6) is -0.660. The van der Waals surface area contributed by atoms with Crippen LogP contribution in [0.15, 0.2) is 109 Å². The lowest BCUT2D eigenvalue weighted by Gasteiger charge is -2.43. The van der Waals surface area contributed by atoms with E-state index in [9.17, 15) is 14.7 Å². The number of nitrogens with one attached hydrogen (secondary N) is 1. The van der Waals surface area contributed by atoms with Gasteiger partial charge in [-0.05, 0) is 46.7 Å². The van der Waals surface area contributed by atoms with Gasteiger partial charge in [0, 0.05) is 36.8 Å². The Bertz CT molecular complexity index is 1660. The van der Waals surface area contributed by atoms with Crippen LogP contribution in [-0.4, -0.2) is 52.9 Å². The van der Waals surface area contributed by atoms with E-state index < -0.39 is 35.6 Å². The van der Waals surface area contributed by atoms with E-state index in [-0.39, 0.29) is 17.7 Å². The summed E-state index contributed by atoms with van der Waals surface area (Å²) in [5, 5.41) is 16.1. The molecule has 45 heavy (non-hydrogen) atoms.